The van der Waals surface area contributed by atoms with Crippen molar-refractivity contribution in [2.75, 3.05) is 13.2 Å². The van der Waals surface area contributed by atoms with Gasteiger partial charge in [0.2, 0.25) is 5.95 Å². The average molecular weight is 374 g/mol. The molecule has 5 nitrogen and oxygen atoms in total. The van der Waals surface area contributed by atoms with E-state index in [2.05, 4.69) is 0 Å². The Labute approximate surface area is 148 Å². The Morgan fingerprint density at radius 2 is 2.04 bits per heavy atom. The van der Waals surface area contributed by atoms with Crippen LogP contribution in [0.4, 0.5) is 8.78 Å². The van der Waals surface area contributed by atoms with Crippen molar-refractivity contribution in [1.29, 1.82) is 0 Å². The van der Waals surface area contributed by atoms with Crippen LogP contribution in [0.15, 0.2) is 21.3 Å². The van der Waals surface area contributed by atoms with Gasteiger partial charge in [-0.15, -0.1) is 0 Å². The second-order valence-electron chi connectivity index (χ2n) is 6.91. The summed E-state index contributed by atoms with van der Waals surface area (Å²) in [6.45, 7) is 6.00. The molecule has 0 aliphatic carbocycles. The molecule has 1 saturated heterocycles. The van der Waals surface area contributed by atoms with Gasteiger partial charge in [-0.2, -0.15) is 4.39 Å². The number of nitrogens with zero attached hydrogens (tertiary/aromatic N) is 1. The van der Waals surface area contributed by atoms with E-state index in [-0.39, 0.29) is 28.3 Å². The smallest absolute Gasteiger partial charge is 0.426 e. The molecule has 0 saturated carbocycles. The highest BCUT2D eigenvalue weighted by molar-refractivity contribution is 6.32. The minimum Gasteiger partial charge on any atom is -0.486 e. The summed E-state index contributed by atoms with van der Waals surface area (Å²) in [7, 11) is 0. The van der Waals surface area contributed by atoms with Crippen LogP contribution in [0.2, 0.25) is 5.02 Å². The third-order valence-corrected chi connectivity index (χ3v) is 4.16. The molecule has 8 heteroatoms. The van der Waals surface area contributed by atoms with Gasteiger partial charge in [-0.05, 0) is 6.07 Å². The maximum atomic E-state index is 14.7. The van der Waals surface area contributed by atoms with Gasteiger partial charge < -0.3 is 13.9 Å². The van der Waals surface area contributed by atoms with E-state index in [9.17, 15) is 13.6 Å². The summed E-state index contributed by atoms with van der Waals surface area (Å²) >= 11 is 6.01. The molecule has 1 atom stereocenters. The number of hydrogen-bond acceptors (Lipinski definition) is 4. The lowest BCUT2D eigenvalue weighted by Gasteiger charge is -2.15. The zero-order valence-electron chi connectivity index (χ0n) is 14.1. The predicted molar refractivity (Wildman–Crippen MR) is 87.8 cm³/mol. The second-order valence-corrected chi connectivity index (χ2v) is 7.32. The number of ether oxygens (including phenoxy) is 2. The molecule has 2 heterocycles. The van der Waals surface area contributed by atoms with Crippen molar-refractivity contribution in [3.05, 3.63) is 45.2 Å². The van der Waals surface area contributed by atoms with Gasteiger partial charge in [0, 0.05) is 17.9 Å². The molecule has 2 aromatic rings. The van der Waals surface area contributed by atoms with E-state index < -0.39 is 22.9 Å². The minimum absolute atomic E-state index is 0.0288. The van der Waals surface area contributed by atoms with Crippen LogP contribution in [0.5, 0.6) is 5.75 Å². The van der Waals surface area contributed by atoms with Gasteiger partial charge in [0.1, 0.15) is 17.7 Å². The largest absolute Gasteiger partial charge is 0.486 e. The van der Waals surface area contributed by atoms with Gasteiger partial charge in [0.05, 0.1) is 23.9 Å². The highest BCUT2D eigenvalue weighted by atomic mass is 35.5. The third kappa shape index (κ3) is 3.43. The van der Waals surface area contributed by atoms with Crippen molar-refractivity contribution in [3.8, 4) is 11.4 Å². The van der Waals surface area contributed by atoms with Crippen LogP contribution in [0.25, 0.3) is 5.69 Å². The van der Waals surface area contributed by atoms with E-state index in [0.717, 1.165) is 6.07 Å². The fourth-order valence-electron chi connectivity index (χ4n) is 2.59. The number of benzene rings is 1. The highest BCUT2D eigenvalue weighted by Crippen LogP contribution is 2.33. The first-order valence-corrected chi connectivity index (χ1v) is 8.22. The maximum absolute atomic E-state index is 14.7. The first-order chi connectivity index (χ1) is 11.7. The summed E-state index contributed by atoms with van der Waals surface area (Å²) < 4.78 is 45.5. The van der Waals surface area contributed by atoms with Crippen molar-refractivity contribution < 1.29 is 22.7 Å². The van der Waals surface area contributed by atoms with Gasteiger partial charge in [-0.3, -0.25) is 0 Å². The predicted octanol–water partition coefficient (Wildman–Crippen LogP) is 3.83. The molecule has 1 aromatic heterocycles. The van der Waals surface area contributed by atoms with Crippen molar-refractivity contribution in [2.45, 2.75) is 38.7 Å². The van der Waals surface area contributed by atoms with Crippen LogP contribution < -0.4 is 10.5 Å². The Bertz CT molecular complexity index is 848. The van der Waals surface area contributed by atoms with Crippen LogP contribution in [0, 0.1) is 11.8 Å². The lowest BCUT2D eigenvalue weighted by molar-refractivity contribution is 0.141. The topological polar surface area (TPSA) is 53.6 Å². The van der Waals surface area contributed by atoms with Gasteiger partial charge in [0.25, 0.3) is 0 Å². The highest BCUT2D eigenvalue weighted by Gasteiger charge is 2.30. The molecule has 0 N–H and O–H groups in total. The van der Waals surface area contributed by atoms with Gasteiger partial charge in [-0.1, -0.05) is 32.4 Å². The van der Waals surface area contributed by atoms with Crippen molar-refractivity contribution in [2.24, 2.45) is 0 Å². The fraction of sp³-hybridized carbons (Fsp3) is 0.471. The Balaban J connectivity index is 2.08. The minimum atomic E-state index is -1.02. The molecular formula is C17H18ClF2NO4. The standard InChI is InChI=1S/C17H18ClF2NO4/c1-17(2,3)14-15(20)21(16(22)25-14)12-7-13(10(18)6-11(12)19)24-9-4-5-23-8-9/h6-7,9H,4-5,8H2,1-3H3. The van der Waals surface area contributed by atoms with Gasteiger partial charge in [-0.25, -0.2) is 13.8 Å². The number of rotatable bonds is 3. The molecule has 1 aliphatic rings. The lowest BCUT2D eigenvalue weighted by atomic mass is 9.94. The molecule has 136 valence electrons. The molecular weight excluding hydrogens is 356 g/mol. The summed E-state index contributed by atoms with van der Waals surface area (Å²) in [6, 6.07) is 2.18. The lowest BCUT2D eigenvalue weighted by Crippen LogP contribution is -2.18. The van der Waals surface area contributed by atoms with E-state index in [0.29, 0.717) is 24.2 Å². The number of hydrogen-bond donors (Lipinski definition) is 0. The summed E-state index contributed by atoms with van der Waals surface area (Å²) in [5.74, 6) is -2.83. The number of oxazole rings is 1. The van der Waals surface area contributed by atoms with Crippen LogP contribution in [-0.4, -0.2) is 23.9 Å². The maximum Gasteiger partial charge on any atom is 0.426 e. The summed E-state index contributed by atoms with van der Waals surface area (Å²) in [6.07, 6.45) is 0.434. The van der Waals surface area contributed by atoms with E-state index in [1.807, 2.05) is 0 Å². The first kappa shape index (κ1) is 17.9. The molecule has 1 fully saturated rings. The van der Waals surface area contributed by atoms with E-state index in [1.54, 1.807) is 20.8 Å². The third-order valence-electron chi connectivity index (χ3n) is 3.86. The molecule has 25 heavy (non-hydrogen) atoms. The monoisotopic (exact) mass is 373 g/mol. The molecule has 0 bridgehead atoms. The SMILES string of the molecule is CC(C)(C)c1oc(=O)n(-c2cc(OC3CCOC3)c(Cl)cc2F)c1F. The second kappa shape index (κ2) is 6.46. The van der Waals surface area contributed by atoms with Crippen molar-refractivity contribution >= 4 is 11.6 Å². The Kier molecular flexibility index (Phi) is 4.64. The van der Waals surface area contributed by atoms with Gasteiger partial charge in [0.15, 0.2) is 5.76 Å². The quantitative estimate of drug-likeness (QED) is 0.820. The van der Waals surface area contributed by atoms with Crippen LogP contribution in [-0.2, 0) is 10.2 Å². The molecule has 3 rings (SSSR count). The summed E-state index contributed by atoms with van der Waals surface area (Å²) in [5.41, 5.74) is -1.07. The Morgan fingerprint density at radius 1 is 1.32 bits per heavy atom. The molecule has 1 aliphatic heterocycles. The zero-order valence-corrected chi connectivity index (χ0v) is 14.8. The van der Waals surface area contributed by atoms with Crippen LogP contribution >= 0.6 is 11.6 Å². The molecule has 1 aromatic carbocycles. The first-order valence-electron chi connectivity index (χ1n) is 7.84. The fourth-order valence-corrected chi connectivity index (χ4v) is 2.78. The number of halogens is 3. The molecule has 0 spiro atoms. The van der Waals surface area contributed by atoms with Crippen molar-refractivity contribution in [3.63, 3.8) is 0 Å². The Hall–Kier alpha value is -1.86. The van der Waals surface area contributed by atoms with Crippen molar-refractivity contribution in [1.82, 2.24) is 4.57 Å². The van der Waals surface area contributed by atoms with Gasteiger partial charge >= 0.3 is 5.76 Å². The Morgan fingerprint density at radius 3 is 2.60 bits per heavy atom. The van der Waals surface area contributed by atoms with E-state index >= 15 is 0 Å². The van der Waals surface area contributed by atoms with E-state index in [1.165, 1.54) is 6.07 Å². The zero-order chi connectivity index (χ0) is 18.4. The van der Waals surface area contributed by atoms with E-state index in [4.69, 9.17) is 25.5 Å². The molecule has 0 amide bonds. The average Bonchev–Trinajstić information content (AvgIpc) is 3.10. The summed E-state index contributed by atoms with van der Waals surface area (Å²) in [5, 5.41) is 0.0288. The summed E-state index contributed by atoms with van der Waals surface area (Å²) in [4.78, 5) is 12.1. The van der Waals surface area contributed by atoms with Crippen LogP contribution in [0.3, 0.4) is 0 Å². The number of aromatic nitrogens is 1. The molecule has 0 radical (unpaired) electrons. The van der Waals surface area contributed by atoms with Crippen LogP contribution in [0.1, 0.15) is 33.0 Å². The molecule has 1 unspecified atom stereocenters. The normalized spacial score (nSPS) is 17.9.